The summed E-state index contributed by atoms with van der Waals surface area (Å²) in [5, 5.41) is 0. The predicted octanol–water partition coefficient (Wildman–Crippen LogP) is 5.20. The van der Waals surface area contributed by atoms with Gasteiger partial charge in [-0.2, -0.15) is 0 Å². The topological polar surface area (TPSA) is 0 Å². The normalized spacial score (nSPS) is 26.5. The Kier molecular flexibility index (Phi) is 5.42. The zero-order chi connectivity index (χ0) is 11.3. The van der Waals surface area contributed by atoms with Crippen molar-refractivity contribution in [2.75, 3.05) is 0 Å². The highest BCUT2D eigenvalue weighted by Gasteiger charge is 2.26. The van der Waals surface area contributed by atoms with Crippen LogP contribution in [-0.4, -0.2) is 0 Å². The molecule has 0 N–H and O–H groups in total. The first-order valence-electron chi connectivity index (χ1n) is 6.85. The smallest absolute Gasteiger partial charge is 0.0201 e. The number of hydrogen-bond donors (Lipinski definition) is 0. The summed E-state index contributed by atoms with van der Waals surface area (Å²) >= 11 is 0. The molecule has 0 saturated heterocycles. The van der Waals surface area contributed by atoms with Crippen molar-refractivity contribution >= 4 is 0 Å². The number of hydrogen-bond acceptors (Lipinski definition) is 0. The van der Waals surface area contributed by atoms with Gasteiger partial charge in [-0.1, -0.05) is 58.6 Å². The molecule has 0 nitrogen and oxygen atoms in total. The fourth-order valence-corrected chi connectivity index (χ4v) is 3.21. The van der Waals surface area contributed by atoms with Gasteiger partial charge in [-0.25, -0.2) is 0 Å². The van der Waals surface area contributed by atoms with Gasteiger partial charge in [-0.15, -0.1) is 0 Å². The van der Waals surface area contributed by atoms with Crippen LogP contribution in [0.4, 0.5) is 0 Å². The maximum atomic E-state index is 4.26. The van der Waals surface area contributed by atoms with E-state index in [4.69, 9.17) is 0 Å². The van der Waals surface area contributed by atoms with Crippen molar-refractivity contribution in [3.63, 3.8) is 0 Å². The molecule has 0 bridgehead atoms. The van der Waals surface area contributed by atoms with Crippen molar-refractivity contribution in [1.82, 2.24) is 0 Å². The fraction of sp³-hybridized carbons (Fsp3) is 0.867. The van der Waals surface area contributed by atoms with Gasteiger partial charge in [-0.05, 0) is 37.0 Å². The highest BCUT2D eigenvalue weighted by atomic mass is 14.3. The summed E-state index contributed by atoms with van der Waals surface area (Å²) in [6, 6.07) is 0. The lowest BCUT2D eigenvalue weighted by Crippen LogP contribution is -2.07. The number of allylic oxidation sites excluding steroid dienone is 1. The monoisotopic (exact) mass is 208 g/mol. The molecular weight excluding hydrogens is 180 g/mol. The third-order valence-corrected chi connectivity index (χ3v) is 3.89. The molecule has 0 spiro atoms. The summed E-state index contributed by atoms with van der Waals surface area (Å²) in [7, 11) is 0. The van der Waals surface area contributed by atoms with Crippen molar-refractivity contribution in [2.24, 2.45) is 17.8 Å². The van der Waals surface area contributed by atoms with E-state index in [2.05, 4.69) is 27.4 Å². The third-order valence-electron chi connectivity index (χ3n) is 3.89. The third kappa shape index (κ3) is 4.01. The second-order valence-electron chi connectivity index (χ2n) is 5.58. The van der Waals surface area contributed by atoms with Crippen LogP contribution in [0, 0.1) is 17.8 Å². The van der Waals surface area contributed by atoms with Gasteiger partial charge < -0.3 is 0 Å². The van der Waals surface area contributed by atoms with Gasteiger partial charge in [0.05, 0.1) is 0 Å². The van der Waals surface area contributed by atoms with Crippen LogP contribution in [0.1, 0.15) is 65.7 Å². The minimum absolute atomic E-state index is 0.850. The highest BCUT2D eigenvalue weighted by Crippen LogP contribution is 2.39. The molecule has 1 rings (SSSR count). The Morgan fingerprint density at radius 1 is 1.27 bits per heavy atom. The molecular formula is C15H28. The van der Waals surface area contributed by atoms with E-state index in [0.29, 0.717) is 0 Å². The summed E-state index contributed by atoms with van der Waals surface area (Å²) in [4.78, 5) is 0. The van der Waals surface area contributed by atoms with Crippen LogP contribution >= 0.6 is 0 Å². The van der Waals surface area contributed by atoms with E-state index < -0.39 is 0 Å². The van der Waals surface area contributed by atoms with Crippen molar-refractivity contribution in [3.8, 4) is 0 Å². The van der Waals surface area contributed by atoms with E-state index in [9.17, 15) is 0 Å². The van der Waals surface area contributed by atoms with Gasteiger partial charge >= 0.3 is 0 Å². The zero-order valence-electron chi connectivity index (χ0n) is 10.9. The quantitative estimate of drug-likeness (QED) is 0.527. The van der Waals surface area contributed by atoms with Crippen molar-refractivity contribution < 1.29 is 0 Å². The van der Waals surface area contributed by atoms with Gasteiger partial charge in [0.2, 0.25) is 0 Å². The van der Waals surface area contributed by atoms with E-state index in [0.717, 1.165) is 17.8 Å². The van der Waals surface area contributed by atoms with Crippen molar-refractivity contribution in [2.45, 2.75) is 65.7 Å². The summed E-state index contributed by atoms with van der Waals surface area (Å²) in [6.45, 7) is 11.3. The van der Waals surface area contributed by atoms with Crippen LogP contribution in [0.25, 0.3) is 0 Å². The molecule has 1 saturated carbocycles. The minimum atomic E-state index is 0.850. The lowest BCUT2D eigenvalue weighted by atomic mass is 9.85. The van der Waals surface area contributed by atoms with E-state index in [1.165, 1.54) is 44.9 Å². The maximum absolute atomic E-state index is 4.26. The lowest BCUT2D eigenvalue weighted by Gasteiger charge is -2.20. The van der Waals surface area contributed by atoms with Crippen LogP contribution in [0.5, 0.6) is 0 Å². The second kappa shape index (κ2) is 6.35. The van der Waals surface area contributed by atoms with Crippen molar-refractivity contribution in [1.29, 1.82) is 0 Å². The molecule has 2 atom stereocenters. The predicted molar refractivity (Wildman–Crippen MR) is 69.0 cm³/mol. The molecule has 0 aromatic carbocycles. The molecule has 0 aromatic heterocycles. The summed E-state index contributed by atoms with van der Waals surface area (Å²) in [6.07, 6.45) is 9.65. The van der Waals surface area contributed by atoms with Crippen LogP contribution in [0.3, 0.4) is 0 Å². The average Bonchev–Trinajstić information content (AvgIpc) is 2.46. The van der Waals surface area contributed by atoms with Crippen LogP contribution < -0.4 is 0 Å². The van der Waals surface area contributed by atoms with E-state index in [1.807, 2.05) is 0 Å². The Hall–Kier alpha value is -0.260. The van der Waals surface area contributed by atoms with Crippen LogP contribution in [0.15, 0.2) is 12.2 Å². The summed E-state index contributed by atoms with van der Waals surface area (Å²) < 4.78 is 0. The Morgan fingerprint density at radius 3 is 2.27 bits per heavy atom. The second-order valence-corrected chi connectivity index (χ2v) is 5.58. The average molecular weight is 208 g/mol. The highest BCUT2D eigenvalue weighted by molar-refractivity contribution is 5.08. The van der Waals surface area contributed by atoms with E-state index in [1.54, 1.807) is 5.57 Å². The van der Waals surface area contributed by atoms with Crippen LogP contribution in [-0.2, 0) is 0 Å². The molecule has 15 heavy (non-hydrogen) atoms. The summed E-state index contributed by atoms with van der Waals surface area (Å²) in [5.74, 6) is 2.71. The Balaban J connectivity index is 2.39. The lowest BCUT2D eigenvalue weighted by molar-refractivity contribution is 0.350. The van der Waals surface area contributed by atoms with Crippen molar-refractivity contribution in [3.05, 3.63) is 12.2 Å². The molecule has 1 fully saturated rings. The molecule has 88 valence electrons. The first kappa shape index (κ1) is 12.8. The Labute approximate surface area is 96.2 Å². The first-order valence-corrected chi connectivity index (χ1v) is 6.85. The maximum Gasteiger partial charge on any atom is -0.0201 e. The van der Waals surface area contributed by atoms with Gasteiger partial charge in [0.25, 0.3) is 0 Å². The molecule has 0 radical (unpaired) electrons. The molecule has 1 aliphatic carbocycles. The molecule has 0 aromatic rings. The van der Waals surface area contributed by atoms with Gasteiger partial charge in [0.1, 0.15) is 0 Å². The first-order chi connectivity index (χ1) is 7.17. The molecule has 0 heteroatoms. The molecule has 2 unspecified atom stereocenters. The fourth-order valence-electron chi connectivity index (χ4n) is 3.21. The van der Waals surface area contributed by atoms with E-state index >= 15 is 0 Å². The minimum Gasteiger partial charge on any atom is -0.0996 e. The molecule has 1 aliphatic rings. The number of rotatable bonds is 6. The molecule has 0 amide bonds. The zero-order valence-corrected chi connectivity index (χ0v) is 10.9. The SMILES string of the molecule is C=C1CC(C)CC1CC(CCC)CCC. The molecule has 0 heterocycles. The van der Waals surface area contributed by atoms with Crippen LogP contribution in [0.2, 0.25) is 0 Å². The van der Waals surface area contributed by atoms with Gasteiger partial charge in [0.15, 0.2) is 0 Å². The van der Waals surface area contributed by atoms with Gasteiger partial charge in [-0.3, -0.25) is 0 Å². The molecule has 0 aliphatic heterocycles. The largest absolute Gasteiger partial charge is 0.0996 e. The summed E-state index contributed by atoms with van der Waals surface area (Å²) in [5.41, 5.74) is 1.54. The Bertz CT molecular complexity index is 186. The van der Waals surface area contributed by atoms with E-state index in [-0.39, 0.29) is 0 Å². The standard InChI is InChI=1S/C15H28/c1-5-7-14(8-6-2)11-15-10-12(3)9-13(15)4/h12,14-15H,4-11H2,1-3H3. The Morgan fingerprint density at radius 2 is 1.87 bits per heavy atom. The van der Waals surface area contributed by atoms with Gasteiger partial charge in [0, 0.05) is 0 Å².